The lowest BCUT2D eigenvalue weighted by molar-refractivity contribution is 0.669. The minimum Gasteiger partial charge on any atom is -0.298 e. The van der Waals surface area contributed by atoms with E-state index in [1.165, 1.54) is 17.7 Å². The van der Waals surface area contributed by atoms with E-state index in [-0.39, 0.29) is 0 Å². The molecule has 23 heavy (non-hydrogen) atoms. The Labute approximate surface area is 144 Å². The second-order valence-corrected chi connectivity index (χ2v) is 8.12. The van der Waals surface area contributed by atoms with Crippen LogP contribution in [-0.4, -0.2) is 24.7 Å². The first-order valence-corrected chi connectivity index (χ1v) is 9.82. The third-order valence-corrected chi connectivity index (χ3v) is 6.59. The van der Waals surface area contributed by atoms with Crippen LogP contribution in [0.15, 0.2) is 45.5 Å². The molecule has 0 saturated heterocycles. The highest BCUT2D eigenvalue weighted by Gasteiger charge is 2.31. The quantitative estimate of drug-likeness (QED) is 0.503. The molecule has 1 fully saturated rings. The Hall–Kier alpha value is -1.77. The lowest BCUT2D eigenvalue weighted by atomic mass is 10.4. The van der Waals surface area contributed by atoms with Gasteiger partial charge in [0.05, 0.1) is 15.1 Å². The van der Waals surface area contributed by atoms with Crippen molar-refractivity contribution in [2.45, 2.75) is 29.1 Å². The number of thiophene rings is 2. The van der Waals surface area contributed by atoms with Gasteiger partial charge in [0.1, 0.15) is 11.4 Å². The standard InChI is InChI=1S/C15H11N5S3/c1-2-11(21-6-1)13-18-19-15(20(13)9-3-4-9)23-14-12-10(5-7-22-12)16-8-17-14/h1-2,5-9H,3-4H2. The van der Waals surface area contributed by atoms with E-state index in [1.807, 2.05) is 11.4 Å². The van der Waals surface area contributed by atoms with Crippen molar-refractivity contribution in [1.82, 2.24) is 24.7 Å². The molecule has 0 N–H and O–H groups in total. The smallest absolute Gasteiger partial charge is 0.198 e. The summed E-state index contributed by atoms with van der Waals surface area (Å²) in [6, 6.07) is 6.70. The van der Waals surface area contributed by atoms with Crippen molar-refractivity contribution in [1.29, 1.82) is 0 Å². The number of fused-ring (bicyclic) bond motifs is 1. The zero-order valence-electron chi connectivity index (χ0n) is 11.9. The van der Waals surface area contributed by atoms with E-state index in [2.05, 4.69) is 42.2 Å². The molecule has 0 unspecified atom stereocenters. The average Bonchev–Trinajstić information content (AvgIpc) is 2.99. The number of rotatable bonds is 4. The summed E-state index contributed by atoms with van der Waals surface area (Å²) in [5, 5.41) is 14.9. The van der Waals surface area contributed by atoms with Crippen LogP contribution in [0.1, 0.15) is 18.9 Å². The zero-order chi connectivity index (χ0) is 15.2. The Morgan fingerprint density at radius 3 is 2.87 bits per heavy atom. The SMILES string of the molecule is c1csc(-c2nnc(Sc3ncnc4ccsc34)n2C2CC2)c1. The molecule has 0 atom stereocenters. The Kier molecular flexibility index (Phi) is 3.20. The molecule has 5 nitrogen and oxygen atoms in total. The normalized spacial score (nSPS) is 14.6. The summed E-state index contributed by atoms with van der Waals surface area (Å²) >= 11 is 4.96. The predicted molar refractivity (Wildman–Crippen MR) is 93.1 cm³/mol. The molecule has 0 spiro atoms. The maximum atomic E-state index is 4.45. The highest BCUT2D eigenvalue weighted by Crippen LogP contribution is 2.43. The third kappa shape index (κ3) is 2.37. The summed E-state index contributed by atoms with van der Waals surface area (Å²) in [6.07, 6.45) is 4.01. The number of hydrogen-bond acceptors (Lipinski definition) is 7. The van der Waals surface area contributed by atoms with E-state index in [0.717, 1.165) is 26.2 Å². The van der Waals surface area contributed by atoms with Gasteiger partial charge in [-0.3, -0.25) is 4.57 Å². The first-order chi connectivity index (χ1) is 11.4. The van der Waals surface area contributed by atoms with Gasteiger partial charge in [-0.15, -0.1) is 32.9 Å². The van der Waals surface area contributed by atoms with Crippen LogP contribution in [0.25, 0.3) is 20.9 Å². The van der Waals surface area contributed by atoms with Gasteiger partial charge >= 0.3 is 0 Å². The Bertz CT molecular complexity index is 968. The maximum absolute atomic E-state index is 4.45. The molecule has 1 aliphatic carbocycles. The monoisotopic (exact) mass is 357 g/mol. The second kappa shape index (κ2) is 5.40. The van der Waals surface area contributed by atoms with E-state index in [0.29, 0.717) is 6.04 Å². The molecule has 4 aromatic heterocycles. The predicted octanol–water partition coefficient (Wildman–Crippen LogP) is 4.50. The largest absolute Gasteiger partial charge is 0.298 e. The van der Waals surface area contributed by atoms with Crippen LogP contribution in [-0.2, 0) is 0 Å². The van der Waals surface area contributed by atoms with E-state index in [4.69, 9.17) is 0 Å². The molecular weight excluding hydrogens is 346 g/mol. The topological polar surface area (TPSA) is 56.5 Å². The summed E-state index contributed by atoms with van der Waals surface area (Å²) < 4.78 is 3.39. The Balaban J connectivity index is 1.60. The number of aromatic nitrogens is 5. The van der Waals surface area contributed by atoms with Crippen molar-refractivity contribution >= 4 is 44.7 Å². The molecule has 114 valence electrons. The van der Waals surface area contributed by atoms with Crippen LogP contribution in [0.2, 0.25) is 0 Å². The van der Waals surface area contributed by atoms with E-state index < -0.39 is 0 Å². The van der Waals surface area contributed by atoms with Crippen molar-refractivity contribution in [3.63, 3.8) is 0 Å². The van der Waals surface area contributed by atoms with Gasteiger partial charge in [0.2, 0.25) is 0 Å². The molecular formula is C15H11N5S3. The first-order valence-electron chi connectivity index (χ1n) is 7.25. The fourth-order valence-electron chi connectivity index (χ4n) is 2.51. The molecule has 0 aromatic carbocycles. The summed E-state index contributed by atoms with van der Waals surface area (Å²) in [5.41, 5.74) is 0.989. The van der Waals surface area contributed by atoms with Gasteiger partial charge < -0.3 is 0 Å². The maximum Gasteiger partial charge on any atom is 0.198 e. The van der Waals surface area contributed by atoms with Gasteiger partial charge in [-0.1, -0.05) is 6.07 Å². The summed E-state index contributed by atoms with van der Waals surface area (Å²) in [7, 11) is 0. The lowest BCUT2D eigenvalue weighted by Crippen LogP contribution is -1.99. The van der Waals surface area contributed by atoms with Crippen LogP contribution in [0.3, 0.4) is 0 Å². The number of nitrogens with zero attached hydrogens (tertiary/aromatic N) is 5. The first kappa shape index (κ1) is 13.6. The van der Waals surface area contributed by atoms with Gasteiger partial charge in [-0.25, -0.2) is 9.97 Å². The van der Waals surface area contributed by atoms with Crippen LogP contribution >= 0.6 is 34.4 Å². The Morgan fingerprint density at radius 1 is 1.09 bits per heavy atom. The fraction of sp³-hybridized carbons (Fsp3) is 0.200. The van der Waals surface area contributed by atoms with Crippen molar-refractivity contribution in [3.05, 3.63) is 35.3 Å². The summed E-state index contributed by atoms with van der Waals surface area (Å²) in [6.45, 7) is 0. The molecule has 0 amide bonds. The third-order valence-electron chi connectivity index (χ3n) is 3.72. The molecule has 4 heterocycles. The van der Waals surface area contributed by atoms with Gasteiger partial charge in [0, 0.05) is 6.04 Å². The summed E-state index contributed by atoms with van der Waals surface area (Å²) in [5.74, 6) is 0.974. The molecule has 0 bridgehead atoms. The van der Waals surface area contributed by atoms with Gasteiger partial charge in [0.25, 0.3) is 0 Å². The highest BCUT2D eigenvalue weighted by atomic mass is 32.2. The molecule has 1 saturated carbocycles. The minimum atomic E-state index is 0.519. The lowest BCUT2D eigenvalue weighted by Gasteiger charge is -2.07. The highest BCUT2D eigenvalue weighted by molar-refractivity contribution is 7.99. The zero-order valence-corrected chi connectivity index (χ0v) is 14.4. The molecule has 0 radical (unpaired) electrons. The second-order valence-electron chi connectivity index (χ2n) is 5.30. The van der Waals surface area contributed by atoms with Crippen LogP contribution in [0, 0.1) is 0 Å². The van der Waals surface area contributed by atoms with Crippen molar-refractivity contribution in [2.24, 2.45) is 0 Å². The van der Waals surface area contributed by atoms with E-state index in [9.17, 15) is 0 Å². The summed E-state index contributed by atoms with van der Waals surface area (Å²) in [4.78, 5) is 9.92. The van der Waals surface area contributed by atoms with Crippen molar-refractivity contribution in [2.75, 3.05) is 0 Å². The van der Waals surface area contributed by atoms with Gasteiger partial charge in [-0.2, -0.15) is 0 Å². The molecule has 4 aromatic rings. The minimum absolute atomic E-state index is 0.519. The molecule has 0 aliphatic heterocycles. The van der Waals surface area contributed by atoms with E-state index >= 15 is 0 Å². The average molecular weight is 357 g/mol. The molecule has 1 aliphatic rings. The Morgan fingerprint density at radius 2 is 2.04 bits per heavy atom. The fourth-order valence-corrected chi connectivity index (χ4v) is 5.10. The van der Waals surface area contributed by atoms with Crippen LogP contribution in [0.4, 0.5) is 0 Å². The molecule has 5 rings (SSSR count). The van der Waals surface area contributed by atoms with Crippen molar-refractivity contribution < 1.29 is 0 Å². The van der Waals surface area contributed by atoms with Crippen LogP contribution in [0.5, 0.6) is 0 Å². The van der Waals surface area contributed by atoms with Crippen LogP contribution < -0.4 is 0 Å². The van der Waals surface area contributed by atoms with E-state index in [1.54, 1.807) is 40.8 Å². The van der Waals surface area contributed by atoms with Gasteiger partial charge in [0.15, 0.2) is 11.0 Å². The number of hydrogen-bond donors (Lipinski definition) is 0. The van der Waals surface area contributed by atoms with Crippen molar-refractivity contribution in [3.8, 4) is 10.7 Å². The van der Waals surface area contributed by atoms with Gasteiger partial charge in [-0.05, 0) is 47.5 Å². The molecule has 8 heteroatoms.